The molecule has 2 atom stereocenters. The van der Waals surface area contributed by atoms with Crippen molar-refractivity contribution in [3.63, 3.8) is 0 Å². The van der Waals surface area contributed by atoms with Gasteiger partial charge in [0, 0.05) is 13.1 Å². The molecule has 0 spiro atoms. The molecule has 2 aliphatic heterocycles. The lowest BCUT2D eigenvalue weighted by Crippen LogP contribution is -3.15. The summed E-state index contributed by atoms with van der Waals surface area (Å²) in [5, 5.41) is 0. The lowest BCUT2D eigenvalue weighted by Gasteiger charge is -2.34. The maximum absolute atomic E-state index is 13.0. The molecule has 0 bridgehead atoms. The maximum Gasteiger partial charge on any atom is 0.277 e. The van der Waals surface area contributed by atoms with Crippen molar-refractivity contribution in [2.75, 3.05) is 45.8 Å². The Labute approximate surface area is 175 Å². The van der Waals surface area contributed by atoms with Crippen molar-refractivity contribution in [1.29, 1.82) is 0 Å². The second-order valence-electron chi connectivity index (χ2n) is 8.80. The molecule has 2 heterocycles. The molecule has 2 aliphatic rings. The van der Waals surface area contributed by atoms with E-state index in [0.717, 1.165) is 25.9 Å². The summed E-state index contributed by atoms with van der Waals surface area (Å²) in [6, 6.07) is 7.33. The Hall–Kier alpha value is -1.44. The summed E-state index contributed by atoms with van der Waals surface area (Å²) < 4.78 is 27.6. The van der Waals surface area contributed by atoms with Crippen molar-refractivity contribution >= 4 is 15.9 Å². The average Bonchev–Trinajstić information content (AvgIpc) is 2.73. The van der Waals surface area contributed by atoms with E-state index >= 15 is 0 Å². The number of quaternary nitrogens is 1. The van der Waals surface area contributed by atoms with Crippen LogP contribution in [0.25, 0.3) is 0 Å². The molecule has 1 amide bonds. The molecule has 0 saturated carbocycles. The largest absolute Gasteiger partial charge is 0.338 e. The van der Waals surface area contributed by atoms with Gasteiger partial charge < -0.3 is 9.80 Å². The van der Waals surface area contributed by atoms with Gasteiger partial charge in [0.05, 0.1) is 31.1 Å². The van der Waals surface area contributed by atoms with Crippen LogP contribution in [0.3, 0.4) is 0 Å². The van der Waals surface area contributed by atoms with Crippen LogP contribution in [0, 0.1) is 5.92 Å². The number of nitrogens with zero attached hydrogens (tertiary/aromatic N) is 2. The third kappa shape index (κ3) is 5.38. The molecule has 162 valence electrons. The monoisotopic (exact) mass is 422 g/mol. The van der Waals surface area contributed by atoms with Crippen LogP contribution in [0.4, 0.5) is 0 Å². The summed E-state index contributed by atoms with van der Waals surface area (Å²) >= 11 is 0. The second-order valence-corrected chi connectivity index (χ2v) is 10.7. The Morgan fingerprint density at radius 3 is 2.41 bits per heavy atom. The molecule has 3 rings (SSSR count). The minimum atomic E-state index is -3.47. The molecule has 1 aromatic rings. The molecule has 7 heteroatoms. The van der Waals surface area contributed by atoms with Crippen LogP contribution in [-0.2, 0) is 14.8 Å². The summed E-state index contributed by atoms with van der Waals surface area (Å²) in [4.78, 5) is 16.1. The summed E-state index contributed by atoms with van der Waals surface area (Å²) in [7, 11) is -3.47. The highest BCUT2D eigenvalue weighted by atomic mass is 32.2. The molecule has 29 heavy (non-hydrogen) atoms. The van der Waals surface area contributed by atoms with E-state index < -0.39 is 10.0 Å². The highest BCUT2D eigenvalue weighted by molar-refractivity contribution is 7.89. The SMILES string of the molecule is CC[C@@H](C)c1ccc(S(=O)(=O)N2CC[NH+](CC(=O)N3CCC[C@H](C)C3)CC2)cc1. The number of carbonyl (C=O) groups is 1. The number of nitrogens with one attached hydrogen (secondary N) is 1. The Kier molecular flexibility index (Phi) is 7.35. The number of hydrogen-bond acceptors (Lipinski definition) is 3. The molecule has 2 fully saturated rings. The summed E-state index contributed by atoms with van der Waals surface area (Å²) in [6.45, 7) is 11.0. The number of piperidine rings is 1. The van der Waals surface area contributed by atoms with Crippen LogP contribution in [0.2, 0.25) is 0 Å². The molecule has 2 saturated heterocycles. The predicted octanol–water partition coefficient (Wildman–Crippen LogP) is 1.35. The number of sulfonamides is 1. The molecule has 6 nitrogen and oxygen atoms in total. The van der Waals surface area contributed by atoms with E-state index in [0.29, 0.717) is 49.5 Å². The zero-order valence-electron chi connectivity index (χ0n) is 18.1. The van der Waals surface area contributed by atoms with Gasteiger partial charge in [-0.1, -0.05) is 32.9 Å². The van der Waals surface area contributed by atoms with E-state index in [1.165, 1.54) is 16.9 Å². The van der Waals surface area contributed by atoms with Crippen molar-refractivity contribution in [2.45, 2.75) is 50.8 Å². The normalized spacial score (nSPS) is 23.1. The highest BCUT2D eigenvalue weighted by Gasteiger charge is 2.32. The number of hydrogen-bond donors (Lipinski definition) is 1. The first-order valence-electron chi connectivity index (χ1n) is 11.0. The number of carbonyl (C=O) groups excluding carboxylic acids is 1. The van der Waals surface area contributed by atoms with Crippen molar-refractivity contribution in [3.8, 4) is 0 Å². The fourth-order valence-electron chi connectivity index (χ4n) is 4.31. The molecule has 0 radical (unpaired) electrons. The van der Waals surface area contributed by atoms with Crippen molar-refractivity contribution in [2.24, 2.45) is 5.92 Å². The first-order chi connectivity index (χ1) is 13.8. The van der Waals surface area contributed by atoms with Gasteiger partial charge in [-0.15, -0.1) is 0 Å². The van der Waals surface area contributed by atoms with Gasteiger partial charge in [0.2, 0.25) is 10.0 Å². The van der Waals surface area contributed by atoms with Crippen molar-refractivity contribution in [1.82, 2.24) is 9.21 Å². The van der Waals surface area contributed by atoms with Crippen LogP contribution >= 0.6 is 0 Å². The van der Waals surface area contributed by atoms with Crippen LogP contribution in [0.15, 0.2) is 29.2 Å². The highest BCUT2D eigenvalue weighted by Crippen LogP contribution is 2.22. The van der Waals surface area contributed by atoms with Gasteiger partial charge in [-0.3, -0.25) is 4.79 Å². The smallest absolute Gasteiger partial charge is 0.277 e. The number of piperazine rings is 1. The van der Waals surface area contributed by atoms with Gasteiger partial charge in [0.15, 0.2) is 6.54 Å². The molecule has 1 aromatic carbocycles. The fourth-order valence-corrected chi connectivity index (χ4v) is 5.76. The van der Waals surface area contributed by atoms with E-state index in [1.54, 1.807) is 16.4 Å². The Balaban J connectivity index is 1.54. The number of likely N-dealkylation sites (tertiary alicyclic amines) is 1. The van der Waals surface area contributed by atoms with Crippen LogP contribution in [-0.4, -0.2) is 69.3 Å². The third-order valence-electron chi connectivity index (χ3n) is 6.54. The third-order valence-corrected chi connectivity index (χ3v) is 8.45. The van der Waals surface area contributed by atoms with E-state index in [-0.39, 0.29) is 5.91 Å². The minimum Gasteiger partial charge on any atom is -0.338 e. The molecule has 0 unspecified atom stereocenters. The van der Waals surface area contributed by atoms with Crippen molar-refractivity contribution < 1.29 is 18.1 Å². The van der Waals surface area contributed by atoms with Crippen LogP contribution in [0.5, 0.6) is 0 Å². The molecular weight excluding hydrogens is 386 g/mol. The van der Waals surface area contributed by atoms with E-state index in [2.05, 4.69) is 20.8 Å². The average molecular weight is 423 g/mol. The Morgan fingerprint density at radius 2 is 1.83 bits per heavy atom. The van der Waals surface area contributed by atoms with Gasteiger partial charge in [0.25, 0.3) is 5.91 Å². The van der Waals surface area contributed by atoms with E-state index in [1.807, 2.05) is 17.0 Å². The Bertz CT molecular complexity index is 786. The number of benzene rings is 1. The summed E-state index contributed by atoms with van der Waals surface area (Å²) in [5.74, 6) is 1.22. The molecule has 0 aromatic heterocycles. The van der Waals surface area contributed by atoms with Gasteiger partial charge in [0.1, 0.15) is 0 Å². The van der Waals surface area contributed by atoms with Gasteiger partial charge in [-0.05, 0) is 48.8 Å². The zero-order valence-corrected chi connectivity index (χ0v) is 18.9. The predicted molar refractivity (Wildman–Crippen MR) is 114 cm³/mol. The minimum absolute atomic E-state index is 0.212. The van der Waals surface area contributed by atoms with Gasteiger partial charge in [-0.2, -0.15) is 4.31 Å². The Morgan fingerprint density at radius 1 is 1.17 bits per heavy atom. The molecule has 0 aliphatic carbocycles. The first kappa shape index (κ1) is 22.2. The first-order valence-corrected chi connectivity index (χ1v) is 12.5. The topological polar surface area (TPSA) is 62.1 Å². The van der Waals surface area contributed by atoms with Crippen LogP contribution in [0.1, 0.15) is 51.5 Å². The van der Waals surface area contributed by atoms with E-state index in [4.69, 9.17) is 0 Å². The molecule has 1 N–H and O–H groups in total. The van der Waals surface area contributed by atoms with Crippen molar-refractivity contribution in [3.05, 3.63) is 29.8 Å². The van der Waals surface area contributed by atoms with Gasteiger partial charge >= 0.3 is 0 Å². The second kappa shape index (κ2) is 9.58. The number of amides is 1. The summed E-state index contributed by atoms with van der Waals surface area (Å²) in [6.07, 6.45) is 3.32. The number of rotatable bonds is 6. The van der Waals surface area contributed by atoms with Gasteiger partial charge in [-0.25, -0.2) is 8.42 Å². The van der Waals surface area contributed by atoms with E-state index in [9.17, 15) is 13.2 Å². The standard InChI is InChI=1S/C22H35N3O3S/c1-4-19(3)20-7-9-21(10-8-20)29(27,28)25-14-12-23(13-15-25)17-22(26)24-11-5-6-18(2)16-24/h7-10,18-19H,4-6,11-17H2,1-3H3/p+1/t18-,19+/m0/s1. The lowest BCUT2D eigenvalue weighted by molar-refractivity contribution is -0.896. The lowest BCUT2D eigenvalue weighted by atomic mass is 9.99. The summed E-state index contributed by atoms with van der Waals surface area (Å²) in [5.41, 5.74) is 1.17. The zero-order chi connectivity index (χ0) is 21.0. The molecular formula is C22H36N3O3S+. The fraction of sp³-hybridized carbons (Fsp3) is 0.682. The van der Waals surface area contributed by atoms with Crippen LogP contribution < -0.4 is 4.90 Å². The quantitative estimate of drug-likeness (QED) is 0.753. The maximum atomic E-state index is 13.0.